The molecule has 208 valence electrons. The van der Waals surface area contributed by atoms with Gasteiger partial charge in [0.05, 0.1) is 11.7 Å². The highest BCUT2D eigenvalue weighted by atomic mass is 19.1. The maximum Gasteiger partial charge on any atom is 0.290 e. The second kappa shape index (κ2) is 10.9. The average Bonchev–Trinajstić information content (AvgIpc) is 3.60. The Bertz CT molecular complexity index is 1620. The van der Waals surface area contributed by atoms with Gasteiger partial charge in [-0.15, -0.1) is 0 Å². The fourth-order valence-corrected chi connectivity index (χ4v) is 5.20. The maximum absolute atomic E-state index is 14.3. The molecule has 1 aliphatic heterocycles. The van der Waals surface area contributed by atoms with E-state index >= 15 is 0 Å². The number of pyridine rings is 1. The van der Waals surface area contributed by atoms with Gasteiger partial charge in [-0.05, 0) is 55.7 Å². The first-order valence-electron chi connectivity index (χ1n) is 13.0. The summed E-state index contributed by atoms with van der Waals surface area (Å²) in [6.45, 7) is 4.40. The van der Waals surface area contributed by atoms with Gasteiger partial charge < -0.3 is 10.0 Å². The highest BCUT2D eigenvalue weighted by molar-refractivity contribution is 5.96. The summed E-state index contributed by atoms with van der Waals surface area (Å²) in [5.41, 5.74) is -0.945. The molecule has 4 aromatic rings. The van der Waals surface area contributed by atoms with E-state index in [1.54, 1.807) is 23.9 Å². The number of carbonyl (C=O) groups excluding carboxylic acids is 1. The maximum atomic E-state index is 14.3. The van der Waals surface area contributed by atoms with Gasteiger partial charge in [0.15, 0.2) is 11.4 Å². The number of aromatic hydroxyl groups is 1. The molecule has 0 bridgehead atoms. The lowest BCUT2D eigenvalue weighted by molar-refractivity contribution is 0.0783. The fraction of sp³-hybridized carbons (Fsp3) is 0.321. The largest absolute Gasteiger partial charge is 0.494 e. The van der Waals surface area contributed by atoms with Crippen LogP contribution >= 0.6 is 0 Å². The molecule has 0 radical (unpaired) electrons. The van der Waals surface area contributed by atoms with E-state index in [9.17, 15) is 27.9 Å². The third-order valence-electron chi connectivity index (χ3n) is 7.13. The van der Waals surface area contributed by atoms with E-state index in [0.29, 0.717) is 13.0 Å². The molecule has 9 nitrogen and oxygen atoms in total. The molecular weight excluding hydrogens is 525 g/mol. The highest BCUT2D eigenvalue weighted by Crippen LogP contribution is 2.35. The summed E-state index contributed by atoms with van der Waals surface area (Å²) in [7, 11) is 0. The Kier molecular flexibility index (Phi) is 7.42. The Morgan fingerprint density at radius 3 is 2.55 bits per heavy atom. The predicted octanol–water partition coefficient (Wildman–Crippen LogP) is 4.27. The van der Waals surface area contributed by atoms with Gasteiger partial charge in [-0.1, -0.05) is 6.92 Å². The molecule has 12 heteroatoms. The molecule has 1 aliphatic rings. The van der Waals surface area contributed by atoms with Gasteiger partial charge in [-0.25, -0.2) is 13.2 Å². The molecule has 1 unspecified atom stereocenters. The van der Waals surface area contributed by atoms with Crippen molar-refractivity contribution in [3.05, 3.63) is 93.4 Å². The van der Waals surface area contributed by atoms with Crippen LogP contribution in [0.3, 0.4) is 0 Å². The number of rotatable bonds is 7. The van der Waals surface area contributed by atoms with Crippen molar-refractivity contribution in [3.63, 3.8) is 0 Å². The molecule has 0 spiro atoms. The van der Waals surface area contributed by atoms with E-state index in [1.165, 1.54) is 27.8 Å². The number of aromatic nitrogens is 5. The van der Waals surface area contributed by atoms with Crippen LogP contribution in [0.15, 0.2) is 53.6 Å². The van der Waals surface area contributed by atoms with Crippen LogP contribution in [0, 0.1) is 17.5 Å². The number of hydrogen-bond acceptors (Lipinski definition) is 6. The van der Waals surface area contributed by atoms with Crippen LogP contribution in [0.1, 0.15) is 60.3 Å². The quantitative estimate of drug-likeness (QED) is 0.367. The first kappa shape index (κ1) is 27.1. The molecule has 3 aromatic heterocycles. The Morgan fingerprint density at radius 1 is 1.15 bits per heavy atom. The standard InChI is InChI=1S/C28H27F3N6O3/c1-3-22(17-12-18(29)14-19(30)13-17)37-25(21-8-11-36(4-2)34-21)33-26(38)23(28(37)40)27(39)35-10-7-16(15-35)24-20(31)6-5-9-32-24/h5-6,8-9,11-14,16,22,40H,3-4,7,10,15H2,1-2H3/t16?,22-/m0/s1. The van der Waals surface area contributed by atoms with Gasteiger partial charge >= 0.3 is 0 Å². The zero-order valence-corrected chi connectivity index (χ0v) is 21.9. The number of aryl methyl sites for hydroxylation is 1. The number of benzene rings is 1. The minimum atomic E-state index is -0.979. The van der Waals surface area contributed by atoms with Crippen molar-refractivity contribution in [1.29, 1.82) is 0 Å². The van der Waals surface area contributed by atoms with Gasteiger partial charge in [-0.2, -0.15) is 10.1 Å². The lowest BCUT2D eigenvalue weighted by Crippen LogP contribution is -2.35. The molecule has 1 aromatic carbocycles. The van der Waals surface area contributed by atoms with E-state index in [2.05, 4.69) is 15.1 Å². The smallest absolute Gasteiger partial charge is 0.290 e. The van der Waals surface area contributed by atoms with E-state index in [0.717, 1.165) is 18.2 Å². The molecule has 1 N–H and O–H groups in total. The molecule has 0 saturated carbocycles. The lowest BCUT2D eigenvalue weighted by atomic mass is 10.0. The van der Waals surface area contributed by atoms with Gasteiger partial charge in [-0.3, -0.25) is 23.8 Å². The van der Waals surface area contributed by atoms with Crippen molar-refractivity contribution in [2.75, 3.05) is 13.1 Å². The van der Waals surface area contributed by atoms with E-state index in [4.69, 9.17) is 0 Å². The molecule has 1 amide bonds. The molecule has 4 heterocycles. The summed E-state index contributed by atoms with van der Waals surface area (Å²) in [5, 5.41) is 15.9. The number of carbonyl (C=O) groups is 1. The Morgan fingerprint density at radius 2 is 1.90 bits per heavy atom. The van der Waals surface area contributed by atoms with Crippen LogP contribution in [0.25, 0.3) is 11.5 Å². The van der Waals surface area contributed by atoms with Crippen LogP contribution in [0.5, 0.6) is 5.88 Å². The number of likely N-dealkylation sites (tertiary alicyclic amines) is 1. The van der Waals surface area contributed by atoms with Crippen molar-refractivity contribution in [1.82, 2.24) is 29.2 Å². The summed E-state index contributed by atoms with van der Waals surface area (Å²) >= 11 is 0. The van der Waals surface area contributed by atoms with Crippen LogP contribution in [0.4, 0.5) is 13.2 Å². The summed E-state index contributed by atoms with van der Waals surface area (Å²) in [6, 6.07) is 6.43. The Hall–Kier alpha value is -4.48. The monoisotopic (exact) mass is 552 g/mol. The first-order chi connectivity index (χ1) is 19.2. The SMILES string of the molecule is CC[C@@H](c1cc(F)cc(F)c1)n1c(-c2ccn(CC)n2)nc(=O)c(C(=O)N2CCC(c3ncccc3F)C2)c1O. The van der Waals surface area contributed by atoms with Crippen molar-refractivity contribution in [2.45, 2.75) is 45.2 Å². The minimum Gasteiger partial charge on any atom is -0.494 e. The number of hydrogen-bond donors (Lipinski definition) is 1. The average molecular weight is 553 g/mol. The van der Waals surface area contributed by atoms with Crippen LogP contribution in [0.2, 0.25) is 0 Å². The number of amides is 1. The summed E-state index contributed by atoms with van der Waals surface area (Å²) < 4.78 is 45.5. The number of nitrogens with zero attached hydrogens (tertiary/aromatic N) is 6. The minimum absolute atomic E-state index is 0.0578. The van der Waals surface area contributed by atoms with Crippen LogP contribution < -0.4 is 5.56 Å². The normalized spacial score (nSPS) is 15.9. The zero-order valence-electron chi connectivity index (χ0n) is 21.9. The Labute approximate surface area is 227 Å². The van der Waals surface area contributed by atoms with Gasteiger partial charge in [0, 0.05) is 44.0 Å². The summed E-state index contributed by atoms with van der Waals surface area (Å²) in [5.74, 6) is -4.06. The Balaban J connectivity index is 1.62. The lowest BCUT2D eigenvalue weighted by Gasteiger charge is -2.25. The van der Waals surface area contributed by atoms with Crippen LogP contribution in [-0.4, -0.2) is 53.3 Å². The molecule has 0 aliphatic carbocycles. The highest BCUT2D eigenvalue weighted by Gasteiger charge is 2.35. The summed E-state index contributed by atoms with van der Waals surface area (Å²) in [4.78, 5) is 36.5. The van der Waals surface area contributed by atoms with Crippen molar-refractivity contribution in [2.24, 2.45) is 0 Å². The van der Waals surface area contributed by atoms with Crippen molar-refractivity contribution in [3.8, 4) is 17.4 Å². The van der Waals surface area contributed by atoms with Crippen LogP contribution in [-0.2, 0) is 6.54 Å². The number of halogens is 3. The topological polar surface area (TPSA) is 106 Å². The molecule has 5 rings (SSSR count). The molecule has 2 atom stereocenters. The molecular formula is C28H27F3N6O3. The second-order valence-corrected chi connectivity index (χ2v) is 9.60. The van der Waals surface area contributed by atoms with E-state index in [-0.39, 0.29) is 42.3 Å². The predicted molar refractivity (Wildman–Crippen MR) is 139 cm³/mol. The third kappa shape index (κ3) is 4.96. The molecule has 1 fully saturated rings. The van der Waals surface area contributed by atoms with E-state index in [1.807, 2.05) is 6.92 Å². The molecule has 40 heavy (non-hydrogen) atoms. The zero-order chi connectivity index (χ0) is 28.6. The third-order valence-corrected chi connectivity index (χ3v) is 7.13. The molecule has 1 saturated heterocycles. The van der Waals surface area contributed by atoms with Crippen molar-refractivity contribution < 1.29 is 23.1 Å². The second-order valence-electron chi connectivity index (χ2n) is 9.60. The van der Waals surface area contributed by atoms with Gasteiger partial charge in [0.1, 0.15) is 23.1 Å². The van der Waals surface area contributed by atoms with Crippen molar-refractivity contribution >= 4 is 5.91 Å². The van der Waals surface area contributed by atoms with Gasteiger partial charge in [0.2, 0.25) is 5.88 Å². The van der Waals surface area contributed by atoms with E-state index < -0.39 is 52.3 Å². The van der Waals surface area contributed by atoms with Gasteiger partial charge in [0.25, 0.3) is 11.5 Å². The fourth-order valence-electron chi connectivity index (χ4n) is 5.20. The summed E-state index contributed by atoms with van der Waals surface area (Å²) in [6.07, 6.45) is 3.76. The first-order valence-corrected chi connectivity index (χ1v) is 13.0.